The molecule has 0 unspecified atom stereocenters. The van der Waals surface area contributed by atoms with Crippen LogP contribution in [0.3, 0.4) is 0 Å². The van der Waals surface area contributed by atoms with Gasteiger partial charge in [0.15, 0.2) is 0 Å². The highest BCUT2D eigenvalue weighted by Crippen LogP contribution is 2.20. The molecule has 2 nitrogen and oxygen atoms in total. The first-order valence-corrected chi connectivity index (χ1v) is 6.67. The Labute approximate surface area is 118 Å². The molecule has 0 aliphatic carbocycles. The summed E-state index contributed by atoms with van der Waals surface area (Å²) in [6.07, 6.45) is 5.68. The maximum absolute atomic E-state index is 4.70. The summed E-state index contributed by atoms with van der Waals surface area (Å²) in [6.45, 7) is 4.49. The molecule has 0 N–H and O–H groups in total. The van der Waals surface area contributed by atoms with E-state index in [1.807, 2.05) is 35.0 Å². The van der Waals surface area contributed by atoms with Crippen LogP contribution in [0.25, 0.3) is 17.0 Å². The van der Waals surface area contributed by atoms with E-state index in [1.165, 1.54) is 10.9 Å². The van der Waals surface area contributed by atoms with Gasteiger partial charge in [0.05, 0.1) is 17.8 Å². The van der Waals surface area contributed by atoms with Gasteiger partial charge in [0.1, 0.15) is 0 Å². The summed E-state index contributed by atoms with van der Waals surface area (Å²) < 4.78 is 2.05. The fraction of sp³-hybridized carbons (Fsp3) is 0.0556. The standard InChI is InChI=1S/C18H16N2/c1-2-3-12-17-16-11-7-8-13-18(16)20(19-17)14-15-9-5-4-6-10-15/h2-13H,1,14H2. The number of nitrogens with zero attached hydrogens (tertiary/aromatic N) is 2. The molecule has 0 amide bonds. The third-order valence-electron chi connectivity index (χ3n) is 3.25. The van der Waals surface area contributed by atoms with Gasteiger partial charge in [-0.25, -0.2) is 0 Å². The van der Waals surface area contributed by atoms with Crippen molar-refractivity contribution in [2.45, 2.75) is 6.54 Å². The molecule has 0 bridgehead atoms. The molecular weight excluding hydrogens is 244 g/mol. The molecule has 0 fully saturated rings. The van der Waals surface area contributed by atoms with Crippen LogP contribution in [-0.4, -0.2) is 9.78 Å². The first-order valence-electron chi connectivity index (χ1n) is 6.67. The van der Waals surface area contributed by atoms with Gasteiger partial charge >= 0.3 is 0 Å². The van der Waals surface area contributed by atoms with Crippen molar-refractivity contribution in [3.05, 3.63) is 84.6 Å². The fourth-order valence-electron chi connectivity index (χ4n) is 2.31. The molecule has 0 saturated heterocycles. The van der Waals surface area contributed by atoms with Crippen LogP contribution in [0, 0.1) is 0 Å². The van der Waals surface area contributed by atoms with Crippen molar-refractivity contribution < 1.29 is 0 Å². The average molecular weight is 260 g/mol. The molecule has 0 aliphatic rings. The Morgan fingerprint density at radius 1 is 1.00 bits per heavy atom. The highest BCUT2D eigenvalue weighted by Gasteiger charge is 2.07. The zero-order valence-corrected chi connectivity index (χ0v) is 11.2. The van der Waals surface area contributed by atoms with Gasteiger partial charge in [0, 0.05) is 5.39 Å². The van der Waals surface area contributed by atoms with E-state index in [-0.39, 0.29) is 0 Å². The quantitative estimate of drug-likeness (QED) is 0.640. The monoisotopic (exact) mass is 260 g/mol. The predicted molar refractivity (Wildman–Crippen MR) is 84.5 cm³/mol. The van der Waals surface area contributed by atoms with Gasteiger partial charge in [-0.05, 0) is 17.7 Å². The van der Waals surface area contributed by atoms with Crippen molar-refractivity contribution in [2.24, 2.45) is 0 Å². The zero-order valence-electron chi connectivity index (χ0n) is 11.2. The number of benzene rings is 2. The van der Waals surface area contributed by atoms with Crippen molar-refractivity contribution in [1.29, 1.82) is 0 Å². The van der Waals surface area contributed by atoms with Gasteiger partial charge in [-0.1, -0.05) is 67.3 Å². The summed E-state index contributed by atoms with van der Waals surface area (Å²) in [7, 11) is 0. The number of rotatable bonds is 4. The lowest BCUT2D eigenvalue weighted by Crippen LogP contribution is -2.01. The van der Waals surface area contributed by atoms with Gasteiger partial charge in [0.25, 0.3) is 0 Å². The highest BCUT2D eigenvalue weighted by atomic mass is 15.3. The van der Waals surface area contributed by atoms with Crippen LogP contribution in [0.4, 0.5) is 0 Å². The molecule has 0 saturated carbocycles. The summed E-state index contributed by atoms with van der Waals surface area (Å²) in [5, 5.41) is 5.87. The minimum absolute atomic E-state index is 0.781. The third kappa shape index (κ3) is 2.41. The summed E-state index contributed by atoms with van der Waals surface area (Å²) in [4.78, 5) is 0. The topological polar surface area (TPSA) is 17.8 Å². The maximum atomic E-state index is 4.70. The molecule has 2 heteroatoms. The molecule has 0 atom stereocenters. The SMILES string of the molecule is C=CC=Cc1nn(Cc2ccccc2)c2ccccc12. The molecule has 98 valence electrons. The summed E-state index contributed by atoms with van der Waals surface area (Å²) in [6, 6.07) is 18.7. The Morgan fingerprint density at radius 3 is 2.55 bits per heavy atom. The lowest BCUT2D eigenvalue weighted by Gasteiger charge is -2.03. The Balaban J connectivity index is 2.07. The lowest BCUT2D eigenvalue weighted by molar-refractivity contribution is 0.709. The Hall–Kier alpha value is -2.61. The van der Waals surface area contributed by atoms with Gasteiger partial charge in [-0.2, -0.15) is 5.10 Å². The van der Waals surface area contributed by atoms with Crippen LogP contribution in [0.1, 0.15) is 11.3 Å². The summed E-state index contributed by atoms with van der Waals surface area (Å²) >= 11 is 0. The van der Waals surface area contributed by atoms with E-state index in [4.69, 9.17) is 5.10 Å². The van der Waals surface area contributed by atoms with E-state index in [9.17, 15) is 0 Å². The van der Waals surface area contributed by atoms with Crippen LogP contribution in [-0.2, 0) is 6.54 Å². The summed E-state index contributed by atoms with van der Waals surface area (Å²) in [5.41, 5.74) is 3.39. The lowest BCUT2D eigenvalue weighted by atomic mass is 10.2. The minimum Gasteiger partial charge on any atom is -0.260 e. The van der Waals surface area contributed by atoms with Crippen LogP contribution in [0.2, 0.25) is 0 Å². The molecule has 1 heterocycles. The fourth-order valence-corrected chi connectivity index (χ4v) is 2.31. The summed E-state index contributed by atoms with van der Waals surface area (Å²) in [5.74, 6) is 0. The smallest absolute Gasteiger partial charge is 0.0929 e. The first kappa shape index (κ1) is 12.4. The third-order valence-corrected chi connectivity index (χ3v) is 3.25. The number of para-hydroxylation sites is 1. The molecular formula is C18H16N2. The Bertz CT molecular complexity index is 751. The molecule has 2 aromatic carbocycles. The number of fused-ring (bicyclic) bond motifs is 1. The van der Waals surface area contributed by atoms with Gasteiger partial charge in [0.2, 0.25) is 0 Å². The van der Waals surface area contributed by atoms with Crippen molar-refractivity contribution in [2.75, 3.05) is 0 Å². The molecule has 0 radical (unpaired) electrons. The number of hydrogen-bond acceptors (Lipinski definition) is 1. The van der Waals surface area contributed by atoms with E-state index in [2.05, 4.69) is 43.0 Å². The molecule has 0 spiro atoms. The molecule has 0 aliphatic heterocycles. The highest BCUT2D eigenvalue weighted by molar-refractivity contribution is 5.87. The minimum atomic E-state index is 0.781. The van der Waals surface area contributed by atoms with E-state index in [0.717, 1.165) is 17.8 Å². The second-order valence-corrected chi connectivity index (χ2v) is 4.64. The van der Waals surface area contributed by atoms with Gasteiger partial charge in [-0.3, -0.25) is 4.68 Å². The van der Waals surface area contributed by atoms with Crippen LogP contribution in [0.5, 0.6) is 0 Å². The van der Waals surface area contributed by atoms with E-state index in [0.29, 0.717) is 0 Å². The number of hydrogen-bond donors (Lipinski definition) is 0. The van der Waals surface area contributed by atoms with Crippen molar-refractivity contribution in [3.8, 4) is 0 Å². The van der Waals surface area contributed by atoms with Crippen LogP contribution in [0.15, 0.2) is 73.3 Å². The van der Waals surface area contributed by atoms with Crippen molar-refractivity contribution in [3.63, 3.8) is 0 Å². The Kier molecular flexibility index (Phi) is 3.46. The van der Waals surface area contributed by atoms with Crippen molar-refractivity contribution >= 4 is 17.0 Å². The van der Waals surface area contributed by atoms with Crippen LogP contribution < -0.4 is 0 Å². The molecule has 3 aromatic rings. The average Bonchev–Trinajstić information content (AvgIpc) is 2.85. The maximum Gasteiger partial charge on any atom is 0.0929 e. The molecule has 1 aromatic heterocycles. The van der Waals surface area contributed by atoms with Gasteiger partial charge in [-0.15, -0.1) is 0 Å². The normalized spacial score (nSPS) is 11.2. The second-order valence-electron chi connectivity index (χ2n) is 4.64. The largest absolute Gasteiger partial charge is 0.260 e. The molecule has 3 rings (SSSR count). The van der Waals surface area contributed by atoms with E-state index < -0.39 is 0 Å². The number of aromatic nitrogens is 2. The number of allylic oxidation sites excluding steroid dienone is 2. The van der Waals surface area contributed by atoms with Crippen LogP contribution >= 0.6 is 0 Å². The first-order chi connectivity index (χ1) is 9.88. The molecule has 20 heavy (non-hydrogen) atoms. The van der Waals surface area contributed by atoms with Crippen molar-refractivity contribution in [1.82, 2.24) is 9.78 Å². The van der Waals surface area contributed by atoms with Gasteiger partial charge < -0.3 is 0 Å². The van der Waals surface area contributed by atoms with E-state index >= 15 is 0 Å². The Morgan fingerprint density at radius 2 is 1.75 bits per heavy atom. The van der Waals surface area contributed by atoms with E-state index in [1.54, 1.807) is 6.08 Å². The second kappa shape index (κ2) is 5.57. The zero-order chi connectivity index (χ0) is 13.8. The predicted octanol–water partition coefficient (Wildman–Crippen LogP) is 4.28.